The average molecular weight is 245 g/mol. The van der Waals surface area contributed by atoms with Gasteiger partial charge in [-0.25, -0.2) is 0 Å². The van der Waals surface area contributed by atoms with Gasteiger partial charge in [-0.15, -0.1) is 11.8 Å². The van der Waals surface area contributed by atoms with Gasteiger partial charge in [0.15, 0.2) is 0 Å². The number of hydrogen-bond donors (Lipinski definition) is 2. The molecular formula is C11H19NO3S. The Balaban J connectivity index is 2.24. The van der Waals surface area contributed by atoms with Crippen LogP contribution in [0.25, 0.3) is 0 Å². The summed E-state index contributed by atoms with van der Waals surface area (Å²) in [6.45, 7) is 8.18. The van der Waals surface area contributed by atoms with Crippen molar-refractivity contribution in [2.45, 2.75) is 56.2 Å². The van der Waals surface area contributed by atoms with Crippen molar-refractivity contribution >= 4 is 17.7 Å². The van der Waals surface area contributed by atoms with Gasteiger partial charge in [0, 0.05) is 12.2 Å². The Morgan fingerprint density at radius 1 is 1.44 bits per heavy atom. The summed E-state index contributed by atoms with van der Waals surface area (Å²) >= 11 is 1.68. The van der Waals surface area contributed by atoms with Crippen molar-refractivity contribution in [1.82, 2.24) is 5.32 Å². The van der Waals surface area contributed by atoms with E-state index in [1.807, 2.05) is 13.8 Å². The number of carboxylic acids is 1. The maximum Gasteiger partial charge on any atom is 0.321 e. The largest absolute Gasteiger partial charge is 0.480 e. The molecule has 92 valence electrons. The van der Waals surface area contributed by atoms with E-state index in [2.05, 4.69) is 19.2 Å². The summed E-state index contributed by atoms with van der Waals surface area (Å²) in [4.78, 5) is 10.7. The lowest BCUT2D eigenvalue weighted by Gasteiger charge is -2.36. The fraction of sp³-hybridized carbons (Fsp3) is 0.909. The smallest absolute Gasteiger partial charge is 0.321 e. The normalized spacial score (nSPS) is 40.4. The maximum atomic E-state index is 11.0. The molecule has 2 unspecified atom stereocenters. The third kappa shape index (κ3) is 1.75. The molecule has 2 N–H and O–H groups in total. The topological polar surface area (TPSA) is 58.6 Å². The Morgan fingerprint density at radius 3 is 2.44 bits per heavy atom. The van der Waals surface area contributed by atoms with Crippen LogP contribution in [0.1, 0.15) is 34.1 Å². The van der Waals surface area contributed by atoms with Gasteiger partial charge in [0.2, 0.25) is 0 Å². The molecule has 2 saturated heterocycles. The Hall–Kier alpha value is -0.260. The van der Waals surface area contributed by atoms with Crippen LogP contribution in [0.2, 0.25) is 0 Å². The van der Waals surface area contributed by atoms with Crippen LogP contribution < -0.4 is 5.32 Å². The summed E-state index contributed by atoms with van der Waals surface area (Å²) in [5.74, 6) is -0.164. The van der Waals surface area contributed by atoms with Crippen LogP contribution in [0.5, 0.6) is 0 Å². The predicted octanol–water partition coefficient (Wildman–Crippen LogP) is 1.45. The zero-order valence-electron chi connectivity index (χ0n) is 10.2. The van der Waals surface area contributed by atoms with Gasteiger partial charge in [-0.2, -0.15) is 0 Å². The number of thioether (sulfide) groups is 1. The molecule has 2 fully saturated rings. The average Bonchev–Trinajstić information content (AvgIpc) is 2.53. The van der Waals surface area contributed by atoms with Crippen LogP contribution in [0.4, 0.5) is 0 Å². The van der Waals surface area contributed by atoms with E-state index in [0.717, 1.165) is 6.42 Å². The molecule has 4 nitrogen and oxygen atoms in total. The van der Waals surface area contributed by atoms with Crippen LogP contribution >= 0.6 is 11.8 Å². The molecule has 2 atom stereocenters. The van der Waals surface area contributed by atoms with Crippen molar-refractivity contribution < 1.29 is 14.6 Å². The molecule has 5 heteroatoms. The highest BCUT2D eigenvalue weighted by atomic mass is 32.2. The van der Waals surface area contributed by atoms with Gasteiger partial charge < -0.3 is 9.84 Å². The first kappa shape index (κ1) is 12.2. The minimum atomic E-state index is -0.773. The highest BCUT2D eigenvalue weighted by molar-refractivity contribution is 8.01. The first-order valence-corrected chi connectivity index (χ1v) is 6.51. The Bertz CT molecular complexity index is 329. The summed E-state index contributed by atoms with van der Waals surface area (Å²) in [7, 11) is 0. The van der Waals surface area contributed by atoms with Crippen molar-refractivity contribution in [1.29, 1.82) is 0 Å². The molecule has 0 amide bonds. The van der Waals surface area contributed by atoms with Gasteiger partial charge in [-0.3, -0.25) is 10.1 Å². The zero-order valence-corrected chi connectivity index (χ0v) is 11.0. The molecule has 1 spiro atoms. The number of aliphatic carboxylic acids is 1. The summed E-state index contributed by atoms with van der Waals surface area (Å²) < 4.78 is 6.03. The minimum Gasteiger partial charge on any atom is -0.480 e. The molecule has 0 aromatic rings. The quantitative estimate of drug-likeness (QED) is 0.732. The summed E-state index contributed by atoms with van der Waals surface area (Å²) in [6.07, 6.45) is 0.835. The maximum absolute atomic E-state index is 11.0. The molecule has 0 saturated carbocycles. The van der Waals surface area contributed by atoms with Crippen molar-refractivity contribution in [2.75, 3.05) is 5.75 Å². The molecule has 2 aliphatic heterocycles. The van der Waals surface area contributed by atoms with Gasteiger partial charge in [-0.1, -0.05) is 0 Å². The van der Waals surface area contributed by atoms with E-state index >= 15 is 0 Å². The van der Waals surface area contributed by atoms with E-state index < -0.39 is 12.0 Å². The molecule has 0 aromatic carbocycles. The Labute approximate surface area is 100 Å². The molecule has 0 aromatic heterocycles. The number of carboxylic acid groups (broad SMARTS) is 1. The third-order valence-electron chi connectivity index (χ3n) is 3.38. The van der Waals surface area contributed by atoms with Crippen LogP contribution in [-0.2, 0) is 9.53 Å². The summed E-state index contributed by atoms with van der Waals surface area (Å²) in [5.41, 5.74) is -0.539. The first-order chi connectivity index (χ1) is 7.18. The van der Waals surface area contributed by atoms with Gasteiger partial charge >= 0.3 is 5.97 Å². The van der Waals surface area contributed by atoms with Crippen molar-refractivity contribution in [3.8, 4) is 0 Å². The number of rotatable bonds is 1. The Morgan fingerprint density at radius 2 is 2.06 bits per heavy atom. The molecule has 16 heavy (non-hydrogen) atoms. The standard InChI is InChI=1S/C11H19NO3S/c1-9(2)6-11(10(3,4)15-9)12-7(5-16-11)8(13)14/h7,12H,5-6H2,1-4H3,(H,13,14). The zero-order chi connectivity index (χ0) is 12.2. The number of ether oxygens (including phenoxy) is 1. The van der Waals surface area contributed by atoms with Crippen LogP contribution in [0.15, 0.2) is 0 Å². The van der Waals surface area contributed by atoms with Crippen molar-refractivity contribution in [3.05, 3.63) is 0 Å². The first-order valence-electron chi connectivity index (χ1n) is 5.52. The van der Waals surface area contributed by atoms with Crippen LogP contribution in [0.3, 0.4) is 0 Å². The predicted molar refractivity (Wildman–Crippen MR) is 63.6 cm³/mol. The van der Waals surface area contributed by atoms with E-state index in [-0.39, 0.29) is 16.1 Å². The molecule has 0 radical (unpaired) electrons. The second kappa shape index (κ2) is 3.37. The summed E-state index contributed by atoms with van der Waals surface area (Å²) in [5, 5.41) is 12.3. The van der Waals surface area contributed by atoms with Gasteiger partial charge in [0.1, 0.15) is 6.04 Å². The molecule has 2 heterocycles. The molecule has 0 bridgehead atoms. The van der Waals surface area contributed by atoms with Crippen molar-refractivity contribution in [2.24, 2.45) is 0 Å². The van der Waals surface area contributed by atoms with Crippen molar-refractivity contribution in [3.63, 3.8) is 0 Å². The second-order valence-corrected chi connectivity index (χ2v) is 7.04. The number of carbonyl (C=O) groups is 1. The molecular weight excluding hydrogens is 226 g/mol. The molecule has 2 aliphatic rings. The van der Waals surface area contributed by atoms with Gasteiger partial charge in [0.05, 0.1) is 16.1 Å². The fourth-order valence-corrected chi connectivity index (χ4v) is 4.54. The van der Waals surface area contributed by atoms with Gasteiger partial charge in [0.25, 0.3) is 0 Å². The third-order valence-corrected chi connectivity index (χ3v) is 5.13. The van der Waals surface area contributed by atoms with Crippen LogP contribution in [0, 0.1) is 0 Å². The highest BCUT2D eigenvalue weighted by Crippen LogP contribution is 2.53. The molecule has 2 rings (SSSR count). The van der Waals surface area contributed by atoms with E-state index in [1.165, 1.54) is 0 Å². The lowest BCUT2D eigenvalue weighted by Crippen LogP contribution is -2.54. The summed E-state index contributed by atoms with van der Waals surface area (Å²) in [6, 6.07) is -0.457. The van der Waals surface area contributed by atoms with E-state index in [9.17, 15) is 4.79 Å². The SMILES string of the molecule is CC1(C)CC2(NC(C(=O)O)CS2)C(C)(C)O1. The van der Waals surface area contributed by atoms with E-state index in [0.29, 0.717) is 5.75 Å². The fourth-order valence-electron chi connectivity index (χ4n) is 2.79. The molecule has 0 aliphatic carbocycles. The van der Waals surface area contributed by atoms with Gasteiger partial charge in [-0.05, 0) is 27.7 Å². The Kier molecular flexibility index (Phi) is 2.57. The lowest BCUT2D eigenvalue weighted by atomic mass is 9.93. The monoisotopic (exact) mass is 245 g/mol. The number of nitrogens with one attached hydrogen (secondary N) is 1. The van der Waals surface area contributed by atoms with E-state index in [1.54, 1.807) is 11.8 Å². The lowest BCUT2D eigenvalue weighted by molar-refractivity contribution is -0.139. The second-order valence-electron chi connectivity index (χ2n) is 5.72. The number of hydrogen-bond acceptors (Lipinski definition) is 4. The van der Waals surface area contributed by atoms with Crippen LogP contribution in [-0.4, -0.2) is 38.9 Å². The van der Waals surface area contributed by atoms with E-state index in [4.69, 9.17) is 9.84 Å². The minimum absolute atomic E-state index is 0.198. The highest BCUT2D eigenvalue weighted by Gasteiger charge is 2.61.